The van der Waals surface area contributed by atoms with Crippen LogP contribution in [0, 0.1) is 5.41 Å². The smallest absolute Gasteiger partial charge is 0.135 e. The molecule has 8 heteroatoms. The molecule has 0 radical (unpaired) electrons. The zero-order chi connectivity index (χ0) is 34.0. The van der Waals surface area contributed by atoms with Gasteiger partial charge in [0, 0.05) is 13.6 Å². The van der Waals surface area contributed by atoms with E-state index in [4.69, 9.17) is 21.7 Å². The summed E-state index contributed by atoms with van der Waals surface area (Å²) < 4.78 is 5.86. The zero-order valence-corrected chi connectivity index (χ0v) is 27.9. The number of hydrogen-bond donors (Lipinski definition) is 5. The van der Waals surface area contributed by atoms with Crippen molar-refractivity contribution in [2.75, 3.05) is 26.7 Å². The Morgan fingerprint density at radius 2 is 1.21 bits per heavy atom. The van der Waals surface area contributed by atoms with Crippen LogP contribution in [0.25, 0.3) is 0 Å². The molecule has 0 saturated carbocycles. The number of carbonyl (C=O) groups excluding carboxylic acids is 1. The van der Waals surface area contributed by atoms with Crippen LogP contribution in [0.1, 0.15) is 66.7 Å². The molecule has 47 heavy (non-hydrogen) atoms. The summed E-state index contributed by atoms with van der Waals surface area (Å²) >= 11 is 0. The van der Waals surface area contributed by atoms with Gasteiger partial charge >= 0.3 is 0 Å². The fraction of sp³-hybridized carbons (Fsp3) is 0.333. The Labute approximate surface area is 281 Å². The molecule has 0 aliphatic carbocycles. The molecule has 0 saturated heterocycles. The molecule has 0 atom stereocenters. The minimum absolute atomic E-state index is 0.137. The molecule has 0 spiro atoms. The van der Waals surface area contributed by atoms with Gasteiger partial charge in [0.1, 0.15) is 17.9 Å². The summed E-state index contributed by atoms with van der Waals surface area (Å²) in [6, 6.07) is 39.0. The molecule has 4 aromatic carbocycles. The molecule has 0 aliphatic heterocycles. The minimum atomic E-state index is -0.137. The number of benzene rings is 4. The van der Waals surface area contributed by atoms with Gasteiger partial charge in [0.05, 0.1) is 19.1 Å². The third-order valence-corrected chi connectivity index (χ3v) is 7.42. The maximum Gasteiger partial charge on any atom is 0.135 e. The molecule has 8 N–H and O–H groups in total. The van der Waals surface area contributed by atoms with E-state index in [1.165, 1.54) is 43.2 Å². The summed E-state index contributed by atoms with van der Waals surface area (Å²) in [6.07, 6.45) is 10.3. The molecule has 0 aliphatic rings. The Morgan fingerprint density at radius 1 is 0.745 bits per heavy atom. The average molecular weight is 639 g/mol. The van der Waals surface area contributed by atoms with E-state index in [0.717, 1.165) is 49.3 Å². The van der Waals surface area contributed by atoms with Crippen molar-refractivity contribution in [3.63, 3.8) is 0 Å². The summed E-state index contributed by atoms with van der Waals surface area (Å²) in [6.45, 7) is 2.04. The first-order valence-electron chi connectivity index (χ1n) is 16.5. The van der Waals surface area contributed by atoms with Crippen LogP contribution in [0.4, 0.5) is 0 Å². The molecule has 0 bridgehead atoms. The Balaban J connectivity index is 0.000000309. The Morgan fingerprint density at radius 3 is 1.66 bits per heavy atom. The first-order valence-corrected chi connectivity index (χ1v) is 16.5. The molecule has 252 valence electrons. The van der Waals surface area contributed by atoms with Gasteiger partial charge in [-0.3, -0.25) is 27.5 Å². The van der Waals surface area contributed by atoms with Gasteiger partial charge in [0.15, 0.2) is 0 Å². The van der Waals surface area contributed by atoms with Crippen LogP contribution in [0.5, 0.6) is 5.75 Å². The van der Waals surface area contributed by atoms with Crippen molar-refractivity contribution in [3.8, 4) is 5.75 Å². The second kappa shape index (κ2) is 24.8. The summed E-state index contributed by atoms with van der Waals surface area (Å²) in [5.41, 5.74) is 12.7. The first kappa shape index (κ1) is 38.8. The van der Waals surface area contributed by atoms with Gasteiger partial charge in [-0.2, -0.15) is 0 Å². The minimum Gasteiger partial charge on any atom is -0.494 e. The van der Waals surface area contributed by atoms with E-state index < -0.39 is 0 Å². The van der Waals surface area contributed by atoms with Crippen molar-refractivity contribution in [2.24, 2.45) is 17.4 Å². The van der Waals surface area contributed by atoms with E-state index in [-0.39, 0.29) is 18.3 Å². The molecular formula is C39H54N6O2. The third kappa shape index (κ3) is 17.8. The number of rotatable bonds is 18. The molecule has 0 amide bonds. The highest BCUT2D eigenvalue weighted by Gasteiger charge is 2.16. The van der Waals surface area contributed by atoms with Gasteiger partial charge < -0.3 is 15.3 Å². The fourth-order valence-electron chi connectivity index (χ4n) is 4.94. The molecule has 4 aromatic rings. The van der Waals surface area contributed by atoms with Crippen LogP contribution in [0.15, 0.2) is 115 Å². The van der Waals surface area contributed by atoms with Crippen molar-refractivity contribution < 1.29 is 9.53 Å². The fourth-order valence-corrected chi connectivity index (χ4v) is 4.94. The lowest BCUT2D eigenvalue weighted by Crippen LogP contribution is -2.26. The summed E-state index contributed by atoms with van der Waals surface area (Å²) in [4.78, 5) is 9.26. The molecule has 8 nitrogen and oxygen atoms in total. The van der Waals surface area contributed by atoms with Crippen molar-refractivity contribution >= 4 is 12.1 Å². The quantitative estimate of drug-likeness (QED) is 0.0212. The van der Waals surface area contributed by atoms with E-state index >= 15 is 0 Å². The van der Waals surface area contributed by atoms with Crippen molar-refractivity contribution in [2.45, 2.75) is 57.3 Å². The number of aldehydes is 1. The van der Waals surface area contributed by atoms with E-state index in [1.807, 2.05) is 67.7 Å². The predicted molar refractivity (Wildman–Crippen MR) is 195 cm³/mol. The molecule has 4 rings (SSSR count). The van der Waals surface area contributed by atoms with Crippen LogP contribution in [0.2, 0.25) is 0 Å². The van der Waals surface area contributed by atoms with E-state index in [0.29, 0.717) is 6.29 Å². The highest BCUT2D eigenvalue weighted by atomic mass is 16.5. The normalized spacial score (nSPS) is 10.4. The number of hydrogen-bond acceptors (Lipinski definition) is 7. The maximum absolute atomic E-state index is 9.26. The SMILES string of the molecule is CN(N)CCCCCCCCOc1ccc(CCc2ccccc2)cc1.N=C(N)C(c1ccccc1)c1ccccc1.NNCC=O. The molecule has 0 heterocycles. The summed E-state index contributed by atoms with van der Waals surface area (Å²) in [5.74, 6) is 11.3. The van der Waals surface area contributed by atoms with Crippen LogP contribution in [0.3, 0.4) is 0 Å². The maximum atomic E-state index is 9.26. The molecular weight excluding hydrogens is 584 g/mol. The standard InChI is InChI=1S/C23H34N2O.C14H14N2.C2H6N2O/c1-25(24)19-9-4-2-3-5-10-20-26-23-17-15-22(16-18-23)14-13-21-11-7-6-8-12-21;15-14(16)13(11-7-3-1-4-8-11)12-9-5-2-6-10-12;3-4-1-2-5/h6-8,11-12,15-18H,2-5,9-10,13-14,19-20,24H2,1H3;1-10,13H,(H3,15,16);2,4H,1,3H2. The van der Waals surface area contributed by atoms with E-state index in [2.05, 4.69) is 65.9 Å². The number of unbranched alkanes of at least 4 members (excludes halogenated alkanes) is 5. The van der Waals surface area contributed by atoms with Gasteiger partial charge in [-0.25, -0.2) is 0 Å². The topological polar surface area (TPSA) is 143 Å². The number of nitrogens with zero attached hydrogens (tertiary/aromatic N) is 1. The average Bonchev–Trinajstić information content (AvgIpc) is 3.09. The number of carbonyl (C=O) groups is 1. The second-order valence-corrected chi connectivity index (χ2v) is 11.4. The monoisotopic (exact) mass is 638 g/mol. The first-order chi connectivity index (χ1) is 22.9. The van der Waals surface area contributed by atoms with Gasteiger partial charge in [-0.15, -0.1) is 0 Å². The Kier molecular flexibility index (Phi) is 20.5. The Hall–Kier alpha value is -4.34. The second-order valence-electron chi connectivity index (χ2n) is 11.4. The lowest BCUT2D eigenvalue weighted by atomic mass is 9.90. The third-order valence-electron chi connectivity index (χ3n) is 7.42. The van der Waals surface area contributed by atoms with Gasteiger partial charge in [-0.1, -0.05) is 129 Å². The predicted octanol–water partition coefficient (Wildman–Crippen LogP) is 6.40. The summed E-state index contributed by atoms with van der Waals surface area (Å²) in [5, 5.41) is 9.47. The Bertz CT molecular complexity index is 1300. The number of aryl methyl sites for hydroxylation is 2. The number of nitrogens with two attached hydrogens (primary N) is 3. The number of amidine groups is 1. The molecule has 0 fully saturated rings. The largest absolute Gasteiger partial charge is 0.494 e. The number of nitrogens with one attached hydrogen (secondary N) is 2. The van der Waals surface area contributed by atoms with Crippen molar-refractivity contribution in [1.82, 2.24) is 10.4 Å². The van der Waals surface area contributed by atoms with Gasteiger partial charge in [-0.05, 0) is 60.1 Å². The van der Waals surface area contributed by atoms with E-state index in [9.17, 15) is 4.79 Å². The van der Waals surface area contributed by atoms with Crippen LogP contribution < -0.4 is 27.6 Å². The highest BCUT2D eigenvalue weighted by Crippen LogP contribution is 2.24. The molecule has 0 unspecified atom stereocenters. The number of hydrazine groups is 2. The van der Waals surface area contributed by atoms with Gasteiger partial charge in [0.25, 0.3) is 0 Å². The van der Waals surface area contributed by atoms with Crippen LogP contribution in [-0.2, 0) is 17.6 Å². The molecule has 0 aromatic heterocycles. The number of ether oxygens (including phenoxy) is 1. The zero-order valence-electron chi connectivity index (χ0n) is 27.9. The van der Waals surface area contributed by atoms with Crippen molar-refractivity contribution in [1.29, 1.82) is 5.41 Å². The lowest BCUT2D eigenvalue weighted by Gasteiger charge is -2.16. The van der Waals surface area contributed by atoms with E-state index in [1.54, 1.807) is 5.01 Å². The van der Waals surface area contributed by atoms with Crippen LogP contribution in [-0.4, -0.2) is 43.9 Å². The van der Waals surface area contributed by atoms with Crippen molar-refractivity contribution in [3.05, 3.63) is 138 Å². The van der Waals surface area contributed by atoms with Gasteiger partial charge in [0.2, 0.25) is 0 Å². The highest BCUT2D eigenvalue weighted by molar-refractivity contribution is 5.87. The van der Waals surface area contributed by atoms with Crippen LogP contribution >= 0.6 is 0 Å². The lowest BCUT2D eigenvalue weighted by molar-refractivity contribution is -0.107. The summed E-state index contributed by atoms with van der Waals surface area (Å²) in [7, 11) is 1.92.